The van der Waals surface area contributed by atoms with E-state index in [0.717, 1.165) is 5.01 Å². The summed E-state index contributed by atoms with van der Waals surface area (Å²) in [4.78, 5) is 15.4. The molecule has 2 heterocycles. The number of urea groups is 1. The van der Waals surface area contributed by atoms with Gasteiger partial charge in [-0.1, -0.05) is 11.3 Å². The minimum Gasteiger partial charge on any atom is -0.306 e. The Hall–Kier alpha value is -2.02. The van der Waals surface area contributed by atoms with Gasteiger partial charge in [0.15, 0.2) is 0 Å². The van der Waals surface area contributed by atoms with E-state index >= 15 is 0 Å². The third-order valence-electron chi connectivity index (χ3n) is 1.67. The topological polar surface area (TPSA) is 79.8 Å². The largest absolute Gasteiger partial charge is 0.325 e. The predicted octanol–water partition coefficient (Wildman–Crippen LogP) is 1.89. The van der Waals surface area contributed by atoms with Crippen molar-refractivity contribution in [2.75, 3.05) is 10.6 Å². The first-order chi connectivity index (χ1) is 7.74. The maximum Gasteiger partial charge on any atom is 0.325 e. The Labute approximate surface area is 95.7 Å². The molecule has 2 N–H and O–H groups in total. The number of nitrogens with zero attached hydrogens (tertiary/aromatic N) is 3. The Morgan fingerprint density at radius 3 is 2.88 bits per heavy atom. The van der Waals surface area contributed by atoms with Gasteiger partial charge in [-0.25, -0.2) is 4.79 Å². The molecular weight excluding hydrogens is 226 g/mol. The molecule has 0 saturated carbocycles. The first-order valence-electron chi connectivity index (χ1n) is 4.52. The minimum absolute atomic E-state index is 0.357. The lowest BCUT2D eigenvalue weighted by Gasteiger charge is -2.03. The van der Waals surface area contributed by atoms with E-state index in [-0.39, 0.29) is 6.03 Å². The Bertz CT molecular complexity index is 484. The zero-order valence-electron chi connectivity index (χ0n) is 8.47. The summed E-state index contributed by atoms with van der Waals surface area (Å²) >= 11 is 1.32. The molecule has 0 spiro atoms. The second-order valence-corrected chi connectivity index (χ2v) is 4.13. The molecule has 0 aromatic carbocycles. The van der Waals surface area contributed by atoms with Crippen molar-refractivity contribution in [1.82, 2.24) is 15.2 Å². The average Bonchev–Trinajstić information content (AvgIpc) is 2.65. The summed E-state index contributed by atoms with van der Waals surface area (Å²) in [6, 6.07) is 3.13. The Balaban J connectivity index is 1.95. The number of carbonyl (C=O) groups is 1. The molecule has 0 aliphatic heterocycles. The van der Waals surface area contributed by atoms with Crippen LogP contribution in [0.15, 0.2) is 24.5 Å². The molecular formula is C9H9N5OS. The molecule has 7 heteroatoms. The fourth-order valence-electron chi connectivity index (χ4n) is 1.04. The van der Waals surface area contributed by atoms with E-state index in [1.165, 1.54) is 11.3 Å². The SMILES string of the molecule is Cc1nnc(NC(=O)Nc2cccnc2)s1. The van der Waals surface area contributed by atoms with Crippen LogP contribution in [0.3, 0.4) is 0 Å². The highest BCUT2D eigenvalue weighted by Gasteiger charge is 2.05. The first-order valence-corrected chi connectivity index (χ1v) is 5.34. The van der Waals surface area contributed by atoms with Gasteiger partial charge in [-0.15, -0.1) is 10.2 Å². The van der Waals surface area contributed by atoms with E-state index < -0.39 is 0 Å². The number of aromatic nitrogens is 3. The van der Waals surface area contributed by atoms with Crippen LogP contribution in [-0.4, -0.2) is 21.2 Å². The second-order valence-electron chi connectivity index (χ2n) is 2.95. The molecule has 0 radical (unpaired) electrons. The zero-order chi connectivity index (χ0) is 11.4. The Morgan fingerprint density at radius 2 is 2.25 bits per heavy atom. The molecule has 0 saturated heterocycles. The van der Waals surface area contributed by atoms with E-state index in [9.17, 15) is 4.79 Å². The number of nitrogens with one attached hydrogen (secondary N) is 2. The standard InChI is InChI=1S/C9H9N5OS/c1-6-13-14-9(16-6)12-8(15)11-7-3-2-4-10-5-7/h2-5H,1H3,(H2,11,12,14,15). The van der Waals surface area contributed by atoms with Crippen molar-refractivity contribution >= 4 is 28.2 Å². The van der Waals surface area contributed by atoms with Crippen molar-refractivity contribution in [1.29, 1.82) is 0 Å². The van der Waals surface area contributed by atoms with Gasteiger partial charge in [-0.05, 0) is 19.1 Å². The van der Waals surface area contributed by atoms with Gasteiger partial charge in [0.2, 0.25) is 5.13 Å². The molecule has 16 heavy (non-hydrogen) atoms. The average molecular weight is 235 g/mol. The van der Waals surface area contributed by atoms with Crippen molar-refractivity contribution in [3.63, 3.8) is 0 Å². The number of anilines is 2. The Kier molecular flexibility index (Phi) is 3.06. The molecule has 2 aromatic rings. The van der Waals surface area contributed by atoms with E-state index in [1.807, 2.05) is 6.92 Å². The lowest BCUT2D eigenvalue weighted by atomic mass is 10.4. The molecule has 2 aromatic heterocycles. The fourth-order valence-corrected chi connectivity index (χ4v) is 1.63. The number of hydrogen-bond donors (Lipinski definition) is 2. The lowest BCUT2D eigenvalue weighted by molar-refractivity contribution is 0.262. The number of pyridine rings is 1. The molecule has 0 atom stereocenters. The normalized spacial score (nSPS) is 9.81. The summed E-state index contributed by atoms with van der Waals surface area (Å²) in [5, 5.41) is 14.0. The van der Waals surface area contributed by atoms with Crippen molar-refractivity contribution in [2.24, 2.45) is 0 Å². The quantitative estimate of drug-likeness (QED) is 0.833. The van der Waals surface area contributed by atoms with Crippen LogP contribution in [-0.2, 0) is 0 Å². The van der Waals surface area contributed by atoms with Crippen molar-refractivity contribution < 1.29 is 4.79 Å². The van der Waals surface area contributed by atoms with E-state index in [4.69, 9.17) is 0 Å². The molecule has 82 valence electrons. The summed E-state index contributed by atoms with van der Waals surface area (Å²) in [7, 11) is 0. The lowest BCUT2D eigenvalue weighted by Crippen LogP contribution is -2.19. The molecule has 0 fully saturated rings. The van der Waals surface area contributed by atoms with Gasteiger partial charge in [0.25, 0.3) is 0 Å². The zero-order valence-corrected chi connectivity index (χ0v) is 9.28. The maximum atomic E-state index is 11.5. The van der Waals surface area contributed by atoms with Crippen LogP contribution in [0.2, 0.25) is 0 Å². The van der Waals surface area contributed by atoms with Crippen LogP contribution < -0.4 is 10.6 Å². The fraction of sp³-hybridized carbons (Fsp3) is 0.111. The molecule has 2 amide bonds. The highest BCUT2D eigenvalue weighted by Crippen LogP contribution is 2.13. The number of amides is 2. The first kappa shape index (κ1) is 10.5. The maximum absolute atomic E-state index is 11.5. The van der Waals surface area contributed by atoms with Gasteiger partial charge in [0.05, 0.1) is 11.9 Å². The predicted molar refractivity (Wildman–Crippen MR) is 61.5 cm³/mol. The van der Waals surface area contributed by atoms with E-state index in [0.29, 0.717) is 10.8 Å². The van der Waals surface area contributed by atoms with Crippen LogP contribution in [0.25, 0.3) is 0 Å². The number of aryl methyl sites for hydroxylation is 1. The molecule has 0 bridgehead atoms. The van der Waals surface area contributed by atoms with Crippen LogP contribution in [0.5, 0.6) is 0 Å². The van der Waals surface area contributed by atoms with Crippen molar-refractivity contribution in [2.45, 2.75) is 6.92 Å². The second kappa shape index (κ2) is 4.67. The minimum atomic E-state index is -0.357. The monoisotopic (exact) mass is 235 g/mol. The van der Waals surface area contributed by atoms with E-state index in [2.05, 4.69) is 25.8 Å². The molecule has 0 unspecified atom stereocenters. The number of rotatable bonds is 2. The van der Waals surface area contributed by atoms with Gasteiger partial charge in [0, 0.05) is 6.20 Å². The molecule has 0 aliphatic rings. The summed E-state index contributed by atoms with van der Waals surface area (Å²) in [6.45, 7) is 1.82. The molecule has 2 rings (SSSR count). The van der Waals surface area contributed by atoms with Gasteiger partial charge in [0.1, 0.15) is 5.01 Å². The van der Waals surface area contributed by atoms with Gasteiger partial charge < -0.3 is 5.32 Å². The third-order valence-corrected chi connectivity index (χ3v) is 2.42. The van der Waals surface area contributed by atoms with Crippen molar-refractivity contribution in [3.05, 3.63) is 29.5 Å². The van der Waals surface area contributed by atoms with Gasteiger partial charge in [-0.3, -0.25) is 10.3 Å². The van der Waals surface area contributed by atoms with Crippen LogP contribution >= 0.6 is 11.3 Å². The Morgan fingerprint density at radius 1 is 1.38 bits per heavy atom. The highest BCUT2D eigenvalue weighted by atomic mass is 32.1. The van der Waals surface area contributed by atoms with Crippen LogP contribution in [0, 0.1) is 6.92 Å². The smallest absolute Gasteiger partial charge is 0.306 e. The summed E-state index contributed by atoms with van der Waals surface area (Å²) < 4.78 is 0. The van der Waals surface area contributed by atoms with Crippen LogP contribution in [0.4, 0.5) is 15.6 Å². The van der Waals surface area contributed by atoms with Gasteiger partial charge >= 0.3 is 6.03 Å². The molecule has 6 nitrogen and oxygen atoms in total. The summed E-state index contributed by atoms with van der Waals surface area (Å²) in [6.07, 6.45) is 3.20. The summed E-state index contributed by atoms with van der Waals surface area (Å²) in [5.41, 5.74) is 0.626. The van der Waals surface area contributed by atoms with E-state index in [1.54, 1.807) is 24.5 Å². The highest BCUT2D eigenvalue weighted by molar-refractivity contribution is 7.15. The third kappa shape index (κ3) is 2.74. The number of hydrogen-bond acceptors (Lipinski definition) is 5. The van der Waals surface area contributed by atoms with Gasteiger partial charge in [-0.2, -0.15) is 0 Å². The van der Waals surface area contributed by atoms with Crippen molar-refractivity contribution in [3.8, 4) is 0 Å². The number of carbonyl (C=O) groups excluding carboxylic acids is 1. The molecule has 0 aliphatic carbocycles. The summed E-state index contributed by atoms with van der Waals surface area (Å²) in [5.74, 6) is 0. The van der Waals surface area contributed by atoms with Crippen LogP contribution in [0.1, 0.15) is 5.01 Å².